The van der Waals surface area contributed by atoms with Crippen molar-refractivity contribution in [2.75, 3.05) is 26.7 Å². The summed E-state index contributed by atoms with van der Waals surface area (Å²) in [6.45, 7) is 7.01. The minimum atomic E-state index is -0.174. The Kier molecular flexibility index (Phi) is 8.81. The lowest BCUT2D eigenvalue weighted by Gasteiger charge is -2.42. The van der Waals surface area contributed by atoms with Gasteiger partial charge in [0.2, 0.25) is 0 Å². The quantitative estimate of drug-likeness (QED) is 0.274. The number of hydrogen-bond donors (Lipinski definition) is 1. The van der Waals surface area contributed by atoms with E-state index in [1.54, 1.807) is 31.3 Å². The van der Waals surface area contributed by atoms with Gasteiger partial charge in [-0.05, 0) is 70.6 Å². The van der Waals surface area contributed by atoms with Crippen molar-refractivity contribution in [1.82, 2.24) is 20.1 Å². The number of aromatic nitrogens is 1. The van der Waals surface area contributed by atoms with Crippen molar-refractivity contribution in [3.8, 4) is 11.1 Å². The number of rotatable bonds is 7. The Hall–Kier alpha value is -4.00. The van der Waals surface area contributed by atoms with Crippen LogP contribution in [0.3, 0.4) is 0 Å². The van der Waals surface area contributed by atoms with E-state index in [4.69, 9.17) is 11.6 Å². The average Bonchev–Trinajstić information content (AvgIpc) is 3.01. The van der Waals surface area contributed by atoms with Gasteiger partial charge < -0.3 is 10.2 Å². The topological polar surface area (TPSA) is 65.5 Å². The summed E-state index contributed by atoms with van der Waals surface area (Å²) in [6, 6.07) is 25.4. The molecule has 1 fully saturated rings. The Morgan fingerprint density at radius 1 is 0.927 bits per heavy atom. The highest BCUT2D eigenvalue weighted by atomic mass is 35.5. The zero-order valence-electron chi connectivity index (χ0n) is 23.7. The van der Waals surface area contributed by atoms with Gasteiger partial charge in [-0.15, -0.1) is 0 Å². The summed E-state index contributed by atoms with van der Waals surface area (Å²) in [5, 5.41) is 3.30. The lowest BCUT2D eigenvalue weighted by molar-refractivity contribution is 0.0456. The van der Waals surface area contributed by atoms with Gasteiger partial charge in [0, 0.05) is 67.3 Å². The zero-order valence-corrected chi connectivity index (χ0v) is 24.4. The van der Waals surface area contributed by atoms with E-state index in [0.29, 0.717) is 41.7 Å². The Morgan fingerprint density at radius 2 is 1.63 bits per heavy atom. The van der Waals surface area contributed by atoms with Crippen LogP contribution in [0.5, 0.6) is 0 Å². The van der Waals surface area contributed by atoms with Crippen molar-refractivity contribution in [3.63, 3.8) is 0 Å². The van der Waals surface area contributed by atoms with Crippen LogP contribution in [-0.2, 0) is 6.54 Å². The third-order valence-electron chi connectivity index (χ3n) is 7.81. The molecule has 4 aromatic rings. The number of benzene rings is 3. The number of halogens is 1. The van der Waals surface area contributed by atoms with E-state index in [0.717, 1.165) is 17.7 Å². The first-order chi connectivity index (χ1) is 19.9. The molecule has 41 heavy (non-hydrogen) atoms. The van der Waals surface area contributed by atoms with Gasteiger partial charge in [0.05, 0.1) is 6.04 Å². The van der Waals surface area contributed by atoms with Crippen LogP contribution < -0.4 is 5.32 Å². The molecule has 1 aliphatic rings. The number of nitrogens with one attached hydrogen (secondary N) is 1. The molecule has 210 valence electrons. The third-order valence-corrected chi connectivity index (χ3v) is 8.06. The molecule has 0 unspecified atom stereocenters. The Morgan fingerprint density at radius 3 is 2.34 bits per heavy atom. The normalized spacial score (nSPS) is 15.6. The number of piperazine rings is 1. The van der Waals surface area contributed by atoms with E-state index >= 15 is 0 Å². The summed E-state index contributed by atoms with van der Waals surface area (Å²) in [6.07, 6.45) is 3.83. The van der Waals surface area contributed by atoms with Gasteiger partial charge in [0.25, 0.3) is 11.8 Å². The predicted molar refractivity (Wildman–Crippen MR) is 164 cm³/mol. The molecular weight excluding hydrogens is 532 g/mol. The molecule has 5 rings (SSSR count). The maximum Gasteiger partial charge on any atom is 0.253 e. The van der Waals surface area contributed by atoms with E-state index in [2.05, 4.69) is 59.4 Å². The van der Waals surface area contributed by atoms with E-state index in [-0.39, 0.29) is 17.9 Å². The van der Waals surface area contributed by atoms with Gasteiger partial charge in [-0.3, -0.25) is 19.5 Å². The predicted octanol–water partition coefficient (Wildman–Crippen LogP) is 6.58. The summed E-state index contributed by atoms with van der Waals surface area (Å²) >= 11 is 6.24. The van der Waals surface area contributed by atoms with Crippen LogP contribution in [0, 0.1) is 0 Å². The Labute approximate surface area is 247 Å². The molecule has 0 radical (unpaired) electrons. The molecule has 2 heterocycles. The van der Waals surface area contributed by atoms with Gasteiger partial charge in [-0.25, -0.2) is 0 Å². The molecule has 7 heteroatoms. The van der Waals surface area contributed by atoms with Crippen LogP contribution in [-0.4, -0.2) is 53.3 Å². The highest BCUT2D eigenvalue weighted by molar-refractivity contribution is 6.30. The van der Waals surface area contributed by atoms with E-state index in [1.807, 2.05) is 41.6 Å². The molecule has 2 amide bonds. The molecule has 1 aliphatic heterocycles. The molecule has 0 saturated carbocycles. The summed E-state index contributed by atoms with van der Waals surface area (Å²) in [7, 11) is 1.59. The van der Waals surface area contributed by atoms with E-state index < -0.39 is 0 Å². The zero-order chi connectivity index (χ0) is 28.9. The standard InChI is InChI=1S/C34H35ClN4O2/c1-23(2)29-6-4-5-7-30(29)31-20-37-17-16-27(31)21-38-18-19-39(22-32(38)24-12-14-28(35)15-13-24)34(41)26-10-8-25(9-11-26)33(40)36-3/h4-17,20,23,32H,18-19,21-22H2,1-3H3,(H,36,40)/t32-/m0/s1. The second kappa shape index (κ2) is 12.7. The van der Waals surface area contributed by atoms with Crippen LogP contribution >= 0.6 is 11.6 Å². The van der Waals surface area contributed by atoms with Crippen LogP contribution in [0.4, 0.5) is 0 Å². The Bertz CT molecular complexity index is 1520. The smallest absolute Gasteiger partial charge is 0.253 e. The van der Waals surface area contributed by atoms with Gasteiger partial charge in [-0.1, -0.05) is 61.8 Å². The first kappa shape index (κ1) is 28.5. The van der Waals surface area contributed by atoms with E-state index in [1.165, 1.54) is 16.7 Å². The molecule has 1 N–H and O–H groups in total. The third kappa shape index (κ3) is 6.34. The van der Waals surface area contributed by atoms with Crippen molar-refractivity contribution in [1.29, 1.82) is 0 Å². The molecule has 0 bridgehead atoms. The number of pyridine rings is 1. The summed E-state index contributed by atoms with van der Waals surface area (Å²) in [4.78, 5) is 34.3. The maximum absolute atomic E-state index is 13.6. The summed E-state index contributed by atoms with van der Waals surface area (Å²) in [5.41, 5.74) is 7.07. The van der Waals surface area contributed by atoms with Gasteiger partial charge in [-0.2, -0.15) is 0 Å². The monoisotopic (exact) mass is 566 g/mol. The van der Waals surface area contributed by atoms with Crippen molar-refractivity contribution >= 4 is 23.4 Å². The fourth-order valence-corrected chi connectivity index (χ4v) is 5.68. The molecule has 1 saturated heterocycles. The molecule has 0 aliphatic carbocycles. The van der Waals surface area contributed by atoms with Crippen molar-refractivity contribution in [2.45, 2.75) is 32.4 Å². The van der Waals surface area contributed by atoms with Crippen LogP contribution in [0.1, 0.15) is 63.2 Å². The highest BCUT2D eigenvalue weighted by Gasteiger charge is 2.32. The fourth-order valence-electron chi connectivity index (χ4n) is 5.55. The summed E-state index contributed by atoms with van der Waals surface area (Å²) < 4.78 is 0. The number of hydrogen-bond acceptors (Lipinski definition) is 4. The SMILES string of the molecule is CNC(=O)c1ccc(C(=O)N2CCN(Cc3ccncc3-c3ccccc3C(C)C)[C@H](c3ccc(Cl)cc3)C2)cc1. The molecule has 6 nitrogen and oxygen atoms in total. The molecule has 3 aromatic carbocycles. The molecular formula is C34H35ClN4O2. The molecule has 1 aromatic heterocycles. The number of amides is 2. The Balaban J connectivity index is 1.43. The largest absolute Gasteiger partial charge is 0.355 e. The maximum atomic E-state index is 13.6. The second-order valence-electron chi connectivity index (χ2n) is 10.7. The van der Waals surface area contributed by atoms with Crippen molar-refractivity contribution in [3.05, 3.63) is 124 Å². The fraction of sp³-hybridized carbons (Fsp3) is 0.265. The number of nitrogens with zero attached hydrogens (tertiary/aromatic N) is 3. The van der Waals surface area contributed by atoms with Gasteiger partial charge >= 0.3 is 0 Å². The van der Waals surface area contributed by atoms with Crippen LogP contribution in [0.25, 0.3) is 11.1 Å². The molecule has 0 spiro atoms. The highest BCUT2D eigenvalue weighted by Crippen LogP contribution is 2.34. The number of carbonyl (C=O) groups is 2. The lowest BCUT2D eigenvalue weighted by Crippen LogP contribution is -2.50. The minimum absolute atomic E-state index is 0.0172. The first-order valence-electron chi connectivity index (χ1n) is 14.0. The average molecular weight is 567 g/mol. The summed E-state index contributed by atoms with van der Waals surface area (Å²) in [5.74, 6) is 0.176. The van der Waals surface area contributed by atoms with E-state index in [9.17, 15) is 9.59 Å². The lowest BCUT2D eigenvalue weighted by atomic mass is 9.91. The van der Waals surface area contributed by atoms with Gasteiger partial charge in [0.1, 0.15) is 0 Å². The van der Waals surface area contributed by atoms with Crippen molar-refractivity contribution in [2.24, 2.45) is 0 Å². The number of carbonyl (C=O) groups excluding carboxylic acids is 2. The van der Waals surface area contributed by atoms with Crippen LogP contribution in [0.15, 0.2) is 91.3 Å². The first-order valence-corrected chi connectivity index (χ1v) is 14.4. The van der Waals surface area contributed by atoms with Crippen LogP contribution in [0.2, 0.25) is 5.02 Å². The van der Waals surface area contributed by atoms with Gasteiger partial charge in [0.15, 0.2) is 0 Å². The van der Waals surface area contributed by atoms with Crippen molar-refractivity contribution < 1.29 is 9.59 Å². The molecule has 1 atom stereocenters. The second-order valence-corrected chi connectivity index (χ2v) is 11.2. The minimum Gasteiger partial charge on any atom is -0.355 e.